The number of thiophene rings is 1. The van der Waals surface area contributed by atoms with E-state index in [-0.39, 0.29) is 0 Å². The summed E-state index contributed by atoms with van der Waals surface area (Å²) in [6, 6.07) is 2.38. The zero-order valence-electron chi connectivity index (χ0n) is 11.7. The molecule has 1 aromatic rings. The lowest BCUT2D eigenvalue weighted by Gasteiger charge is -2.19. The van der Waals surface area contributed by atoms with Gasteiger partial charge < -0.3 is 5.32 Å². The quantitative estimate of drug-likeness (QED) is 0.765. The molecule has 1 rings (SSSR count). The van der Waals surface area contributed by atoms with E-state index in [1.54, 1.807) is 0 Å². The number of hydrogen-bond donors (Lipinski definition) is 1. The normalized spacial score (nSPS) is 11.4. The van der Waals surface area contributed by atoms with Gasteiger partial charge in [-0.2, -0.15) is 0 Å². The molecule has 0 saturated heterocycles. The maximum atomic E-state index is 3.39. The first-order chi connectivity index (χ1) is 8.21. The average Bonchev–Trinajstić information content (AvgIpc) is 2.67. The van der Waals surface area contributed by atoms with Crippen LogP contribution in [0.15, 0.2) is 6.07 Å². The third kappa shape index (κ3) is 4.78. The van der Waals surface area contributed by atoms with Crippen LogP contribution in [0.3, 0.4) is 0 Å². The van der Waals surface area contributed by atoms with Crippen LogP contribution in [0.25, 0.3) is 0 Å². The maximum Gasteiger partial charge on any atom is 0.0299 e. The highest BCUT2D eigenvalue weighted by Gasteiger charge is 2.08. The van der Waals surface area contributed by atoms with Gasteiger partial charge in [0, 0.05) is 22.8 Å². The molecule has 0 bridgehead atoms. The molecule has 0 aliphatic carbocycles. The Balaban J connectivity index is 2.60. The highest BCUT2D eigenvalue weighted by molar-refractivity contribution is 7.12. The Morgan fingerprint density at radius 3 is 2.65 bits per heavy atom. The van der Waals surface area contributed by atoms with Gasteiger partial charge in [0.05, 0.1) is 0 Å². The zero-order valence-corrected chi connectivity index (χ0v) is 12.5. The SMILES string of the molecule is CCCN(CC)Cc1cc(CNCC)sc1C. The number of nitrogens with one attached hydrogen (secondary N) is 1. The van der Waals surface area contributed by atoms with Crippen molar-refractivity contribution in [1.82, 2.24) is 10.2 Å². The van der Waals surface area contributed by atoms with E-state index in [0.29, 0.717) is 0 Å². The molecule has 0 amide bonds. The summed E-state index contributed by atoms with van der Waals surface area (Å²) in [7, 11) is 0. The fraction of sp³-hybridized carbons (Fsp3) is 0.714. The van der Waals surface area contributed by atoms with Gasteiger partial charge in [-0.1, -0.05) is 20.8 Å². The van der Waals surface area contributed by atoms with Crippen molar-refractivity contribution in [3.05, 3.63) is 21.4 Å². The van der Waals surface area contributed by atoms with Crippen LogP contribution in [0.2, 0.25) is 0 Å². The van der Waals surface area contributed by atoms with Crippen LogP contribution >= 0.6 is 11.3 Å². The first-order valence-electron chi connectivity index (χ1n) is 6.72. The monoisotopic (exact) mass is 254 g/mol. The van der Waals surface area contributed by atoms with Gasteiger partial charge in [-0.25, -0.2) is 0 Å². The first-order valence-corrected chi connectivity index (χ1v) is 7.54. The molecule has 1 aromatic heterocycles. The Labute approximate surface area is 110 Å². The maximum absolute atomic E-state index is 3.39. The van der Waals surface area contributed by atoms with Crippen molar-refractivity contribution in [3.63, 3.8) is 0 Å². The topological polar surface area (TPSA) is 15.3 Å². The van der Waals surface area contributed by atoms with E-state index < -0.39 is 0 Å². The van der Waals surface area contributed by atoms with Crippen LogP contribution in [0.1, 0.15) is 42.5 Å². The largest absolute Gasteiger partial charge is 0.312 e. The second-order valence-corrected chi connectivity index (χ2v) is 5.78. The predicted molar refractivity (Wildman–Crippen MR) is 77.7 cm³/mol. The lowest BCUT2D eigenvalue weighted by molar-refractivity contribution is 0.280. The van der Waals surface area contributed by atoms with Crippen molar-refractivity contribution in [2.75, 3.05) is 19.6 Å². The van der Waals surface area contributed by atoms with Crippen LogP contribution in [0.4, 0.5) is 0 Å². The number of hydrogen-bond acceptors (Lipinski definition) is 3. The molecule has 0 aliphatic rings. The molecule has 0 spiro atoms. The number of rotatable bonds is 8. The van der Waals surface area contributed by atoms with Crippen molar-refractivity contribution in [2.45, 2.75) is 47.2 Å². The molecule has 2 nitrogen and oxygen atoms in total. The van der Waals surface area contributed by atoms with E-state index in [1.165, 1.54) is 28.3 Å². The Kier molecular flexibility index (Phi) is 6.78. The third-order valence-electron chi connectivity index (χ3n) is 3.00. The van der Waals surface area contributed by atoms with Gasteiger partial charge >= 0.3 is 0 Å². The van der Waals surface area contributed by atoms with E-state index >= 15 is 0 Å². The summed E-state index contributed by atoms with van der Waals surface area (Å²) in [5.74, 6) is 0. The fourth-order valence-electron chi connectivity index (χ4n) is 1.99. The average molecular weight is 254 g/mol. The second kappa shape index (κ2) is 7.85. The Hall–Kier alpha value is -0.380. The van der Waals surface area contributed by atoms with Crippen molar-refractivity contribution >= 4 is 11.3 Å². The van der Waals surface area contributed by atoms with Crippen molar-refractivity contribution in [3.8, 4) is 0 Å². The lowest BCUT2D eigenvalue weighted by atomic mass is 10.2. The van der Waals surface area contributed by atoms with Crippen molar-refractivity contribution < 1.29 is 0 Å². The van der Waals surface area contributed by atoms with Gasteiger partial charge in [-0.05, 0) is 44.6 Å². The predicted octanol–water partition coefficient (Wildman–Crippen LogP) is 3.40. The van der Waals surface area contributed by atoms with Gasteiger partial charge in [-0.3, -0.25) is 4.90 Å². The molecule has 17 heavy (non-hydrogen) atoms. The lowest BCUT2D eigenvalue weighted by Crippen LogP contribution is -2.23. The molecule has 3 heteroatoms. The molecule has 0 saturated carbocycles. The molecular weight excluding hydrogens is 228 g/mol. The van der Waals surface area contributed by atoms with Crippen molar-refractivity contribution in [1.29, 1.82) is 0 Å². The zero-order chi connectivity index (χ0) is 12.7. The molecule has 0 aromatic carbocycles. The number of aryl methyl sites for hydroxylation is 1. The molecule has 1 heterocycles. The molecule has 0 unspecified atom stereocenters. The Morgan fingerprint density at radius 1 is 1.29 bits per heavy atom. The standard InChI is InChI=1S/C14H26N2S/c1-5-8-16(7-3)11-13-9-14(10-15-6-2)17-12(13)4/h9,15H,5-8,10-11H2,1-4H3. The molecule has 0 radical (unpaired) electrons. The summed E-state index contributed by atoms with van der Waals surface area (Å²) in [6.07, 6.45) is 1.24. The van der Waals surface area contributed by atoms with Gasteiger partial charge in [0.15, 0.2) is 0 Å². The Morgan fingerprint density at radius 2 is 2.06 bits per heavy atom. The molecule has 0 fully saturated rings. The van der Waals surface area contributed by atoms with E-state index in [0.717, 1.165) is 26.2 Å². The van der Waals surface area contributed by atoms with Crippen molar-refractivity contribution in [2.24, 2.45) is 0 Å². The van der Waals surface area contributed by atoms with Crippen LogP contribution in [-0.4, -0.2) is 24.5 Å². The highest BCUT2D eigenvalue weighted by atomic mass is 32.1. The van der Waals surface area contributed by atoms with Gasteiger partial charge in [-0.15, -0.1) is 11.3 Å². The van der Waals surface area contributed by atoms with Gasteiger partial charge in [0.2, 0.25) is 0 Å². The van der Waals surface area contributed by atoms with E-state index in [2.05, 4.69) is 44.0 Å². The minimum absolute atomic E-state index is 1.02. The minimum atomic E-state index is 1.02. The first kappa shape index (κ1) is 14.7. The summed E-state index contributed by atoms with van der Waals surface area (Å²) in [5, 5.41) is 3.39. The number of nitrogens with zero attached hydrogens (tertiary/aromatic N) is 1. The second-order valence-electron chi connectivity index (χ2n) is 4.44. The fourth-order valence-corrected chi connectivity index (χ4v) is 3.01. The van der Waals surface area contributed by atoms with Gasteiger partial charge in [0.1, 0.15) is 0 Å². The summed E-state index contributed by atoms with van der Waals surface area (Å²) in [5.41, 5.74) is 1.51. The summed E-state index contributed by atoms with van der Waals surface area (Å²) >= 11 is 1.94. The highest BCUT2D eigenvalue weighted by Crippen LogP contribution is 2.23. The van der Waals surface area contributed by atoms with Crippen LogP contribution in [0, 0.1) is 6.92 Å². The van der Waals surface area contributed by atoms with E-state index in [9.17, 15) is 0 Å². The summed E-state index contributed by atoms with van der Waals surface area (Å²) < 4.78 is 0. The summed E-state index contributed by atoms with van der Waals surface area (Å²) in [4.78, 5) is 5.46. The Bertz CT molecular complexity index is 320. The van der Waals surface area contributed by atoms with Crippen LogP contribution in [0.5, 0.6) is 0 Å². The van der Waals surface area contributed by atoms with Crippen LogP contribution in [-0.2, 0) is 13.1 Å². The smallest absolute Gasteiger partial charge is 0.0299 e. The third-order valence-corrected chi connectivity index (χ3v) is 4.09. The van der Waals surface area contributed by atoms with E-state index in [1.807, 2.05) is 11.3 Å². The van der Waals surface area contributed by atoms with Crippen LogP contribution < -0.4 is 5.32 Å². The molecule has 1 N–H and O–H groups in total. The minimum Gasteiger partial charge on any atom is -0.312 e. The van der Waals surface area contributed by atoms with E-state index in [4.69, 9.17) is 0 Å². The molecular formula is C14H26N2S. The van der Waals surface area contributed by atoms with Gasteiger partial charge in [0.25, 0.3) is 0 Å². The molecule has 0 atom stereocenters. The molecule has 0 aliphatic heterocycles. The molecule has 98 valence electrons. The summed E-state index contributed by atoms with van der Waals surface area (Å²) in [6.45, 7) is 14.4.